The van der Waals surface area contributed by atoms with Gasteiger partial charge in [0.15, 0.2) is 0 Å². The fourth-order valence-electron chi connectivity index (χ4n) is 4.88. The highest BCUT2D eigenvalue weighted by molar-refractivity contribution is 6.05. The molecule has 3 heterocycles. The molecule has 3 aliphatic rings. The largest absolute Gasteiger partial charge is 0.387 e. The lowest BCUT2D eigenvalue weighted by molar-refractivity contribution is -0.136. The number of amides is 3. The molecule has 0 aromatic heterocycles. The molecule has 29 heavy (non-hydrogen) atoms. The predicted octanol–water partition coefficient (Wildman–Crippen LogP) is -0.00610. The molecule has 3 N–H and O–H groups in total. The van der Waals surface area contributed by atoms with Crippen molar-refractivity contribution < 1.29 is 19.5 Å². The van der Waals surface area contributed by atoms with Crippen LogP contribution < -0.4 is 10.6 Å². The third-order valence-electron chi connectivity index (χ3n) is 6.17. The molecule has 0 radical (unpaired) electrons. The number of nitrogens with one attached hydrogen (secondary N) is 2. The van der Waals surface area contributed by atoms with Crippen LogP contribution >= 0.6 is 0 Å². The average molecular weight is 400 g/mol. The fraction of sp³-hybridized carbons (Fsp3) is 0.571. The molecule has 0 saturated carbocycles. The second-order valence-corrected chi connectivity index (χ2v) is 8.42. The summed E-state index contributed by atoms with van der Waals surface area (Å²) in [5, 5.41) is 16.2. The highest BCUT2D eigenvalue weighted by atomic mass is 16.3. The number of benzene rings is 1. The maximum atomic E-state index is 13.2. The summed E-state index contributed by atoms with van der Waals surface area (Å²) < 4.78 is 0. The summed E-state index contributed by atoms with van der Waals surface area (Å²) in [5.41, 5.74) is 1.75. The standard InChI is InChI=1S/C21H28N4O4/c1-22-12-21(29)8-3-9-24(13-21)10-14-4-2-5-15-11-25(20(28)18(14)15)16-6-7-17(26)23-19(16)27/h2,4-5,16,22,29H,3,6-13H2,1H3,(H,23,26,27). The van der Waals surface area contributed by atoms with Gasteiger partial charge in [-0.3, -0.25) is 24.6 Å². The molecule has 3 amide bonds. The molecule has 4 rings (SSSR count). The summed E-state index contributed by atoms with van der Waals surface area (Å²) in [6, 6.07) is 5.22. The van der Waals surface area contributed by atoms with Crippen LogP contribution in [0.2, 0.25) is 0 Å². The number of carbonyl (C=O) groups excluding carboxylic acids is 3. The third kappa shape index (κ3) is 3.92. The van der Waals surface area contributed by atoms with Crippen LogP contribution in [0, 0.1) is 0 Å². The minimum absolute atomic E-state index is 0.146. The van der Waals surface area contributed by atoms with E-state index < -0.39 is 17.6 Å². The molecule has 2 fully saturated rings. The molecule has 156 valence electrons. The maximum absolute atomic E-state index is 13.2. The Labute approximate surface area is 170 Å². The van der Waals surface area contributed by atoms with E-state index >= 15 is 0 Å². The van der Waals surface area contributed by atoms with Crippen molar-refractivity contribution in [3.63, 3.8) is 0 Å². The minimum atomic E-state index is -0.756. The van der Waals surface area contributed by atoms with Crippen molar-refractivity contribution in [1.29, 1.82) is 0 Å². The van der Waals surface area contributed by atoms with E-state index in [-0.39, 0.29) is 18.2 Å². The molecule has 8 heteroatoms. The van der Waals surface area contributed by atoms with Crippen LogP contribution in [0.5, 0.6) is 0 Å². The lowest BCUT2D eigenvalue weighted by Gasteiger charge is -2.39. The Morgan fingerprint density at radius 3 is 2.90 bits per heavy atom. The zero-order valence-electron chi connectivity index (χ0n) is 16.7. The van der Waals surface area contributed by atoms with E-state index in [1.165, 1.54) is 0 Å². The molecule has 8 nitrogen and oxygen atoms in total. The summed E-state index contributed by atoms with van der Waals surface area (Å²) in [4.78, 5) is 40.7. The van der Waals surface area contributed by atoms with Gasteiger partial charge in [-0.2, -0.15) is 0 Å². The number of carbonyl (C=O) groups is 3. The van der Waals surface area contributed by atoms with Gasteiger partial charge in [0.25, 0.3) is 5.91 Å². The van der Waals surface area contributed by atoms with Gasteiger partial charge in [-0.15, -0.1) is 0 Å². The van der Waals surface area contributed by atoms with Crippen molar-refractivity contribution in [2.24, 2.45) is 0 Å². The lowest BCUT2D eigenvalue weighted by atomic mass is 9.92. The number of nitrogens with zero attached hydrogens (tertiary/aromatic N) is 2. The Kier molecular flexibility index (Phi) is 5.42. The quantitative estimate of drug-likeness (QED) is 0.601. The Bertz CT molecular complexity index is 838. The van der Waals surface area contributed by atoms with Crippen molar-refractivity contribution in [1.82, 2.24) is 20.4 Å². The van der Waals surface area contributed by atoms with Gasteiger partial charge in [0.05, 0.1) is 5.60 Å². The number of hydrogen-bond donors (Lipinski definition) is 3. The fourth-order valence-corrected chi connectivity index (χ4v) is 4.88. The number of fused-ring (bicyclic) bond motifs is 1. The number of imide groups is 1. The molecule has 0 bridgehead atoms. The normalized spacial score (nSPS) is 27.9. The topological polar surface area (TPSA) is 102 Å². The second-order valence-electron chi connectivity index (χ2n) is 8.42. The molecule has 2 saturated heterocycles. The highest BCUT2D eigenvalue weighted by Crippen LogP contribution is 2.31. The number of aliphatic hydroxyl groups is 1. The van der Waals surface area contributed by atoms with Gasteiger partial charge in [0.2, 0.25) is 11.8 Å². The Hall–Kier alpha value is -2.29. The maximum Gasteiger partial charge on any atom is 0.255 e. The average Bonchev–Trinajstić information content (AvgIpc) is 2.99. The summed E-state index contributed by atoms with van der Waals surface area (Å²) in [5.74, 6) is -0.819. The molecular weight excluding hydrogens is 372 g/mol. The van der Waals surface area contributed by atoms with Crippen LogP contribution in [0.15, 0.2) is 18.2 Å². The number of likely N-dealkylation sites (tertiary alicyclic amines) is 1. The van der Waals surface area contributed by atoms with Crippen molar-refractivity contribution >= 4 is 17.7 Å². The van der Waals surface area contributed by atoms with Gasteiger partial charge in [-0.25, -0.2) is 0 Å². The molecule has 3 aliphatic heterocycles. The first-order chi connectivity index (χ1) is 13.9. The van der Waals surface area contributed by atoms with E-state index in [0.717, 1.165) is 30.5 Å². The molecule has 1 aromatic carbocycles. The van der Waals surface area contributed by atoms with Gasteiger partial charge < -0.3 is 15.3 Å². The van der Waals surface area contributed by atoms with E-state index in [0.29, 0.717) is 38.2 Å². The van der Waals surface area contributed by atoms with Gasteiger partial charge in [-0.05, 0) is 44.0 Å². The van der Waals surface area contributed by atoms with E-state index in [1.807, 2.05) is 25.2 Å². The number of rotatable bonds is 5. The van der Waals surface area contributed by atoms with E-state index in [9.17, 15) is 19.5 Å². The van der Waals surface area contributed by atoms with E-state index in [1.54, 1.807) is 4.90 Å². The summed E-state index contributed by atoms with van der Waals surface area (Å²) in [6.07, 6.45) is 2.28. The zero-order valence-corrected chi connectivity index (χ0v) is 16.7. The van der Waals surface area contributed by atoms with Crippen LogP contribution in [0.3, 0.4) is 0 Å². The zero-order chi connectivity index (χ0) is 20.6. The molecular formula is C21H28N4O4. The van der Waals surface area contributed by atoms with Crippen LogP contribution in [0.25, 0.3) is 0 Å². The molecule has 0 aliphatic carbocycles. The number of likely N-dealkylation sites (N-methyl/N-ethyl adjacent to an activating group) is 1. The number of piperidine rings is 2. The van der Waals surface area contributed by atoms with Gasteiger partial charge in [-0.1, -0.05) is 18.2 Å². The summed E-state index contributed by atoms with van der Waals surface area (Å²) in [7, 11) is 1.84. The Balaban J connectivity index is 1.52. The van der Waals surface area contributed by atoms with Crippen molar-refractivity contribution in [2.45, 2.75) is 50.4 Å². The van der Waals surface area contributed by atoms with Gasteiger partial charge in [0, 0.05) is 38.2 Å². The summed E-state index contributed by atoms with van der Waals surface area (Å²) >= 11 is 0. The Morgan fingerprint density at radius 2 is 2.14 bits per heavy atom. The first kappa shape index (κ1) is 20.0. The predicted molar refractivity (Wildman–Crippen MR) is 106 cm³/mol. The van der Waals surface area contributed by atoms with E-state index in [2.05, 4.69) is 15.5 Å². The molecule has 2 atom stereocenters. The van der Waals surface area contributed by atoms with Crippen molar-refractivity contribution in [3.05, 3.63) is 34.9 Å². The smallest absolute Gasteiger partial charge is 0.255 e. The highest BCUT2D eigenvalue weighted by Gasteiger charge is 2.40. The lowest BCUT2D eigenvalue weighted by Crippen LogP contribution is -2.53. The SMILES string of the molecule is CNCC1(O)CCCN(Cc2cccc3c2C(=O)N(C2CCC(=O)NC2=O)C3)C1. The van der Waals surface area contributed by atoms with Crippen LogP contribution in [-0.2, 0) is 22.7 Å². The van der Waals surface area contributed by atoms with Crippen molar-refractivity contribution in [3.8, 4) is 0 Å². The monoisotopic (exact) mass is 400 g/mol. The van der Waals surface area contributed by atoms with Crippen LogP contribution in [0.1, 0.15) is 47.2 Å². The van der Waals surface area contributed by atoms with Crippen LogP contribution in [0.4, 0.5) is 0 Å². The molecule has 0 spiro atoms. The third-order valence-corrected chi connectivity index (χ3v) is 6.17. The second kappa shape index (κ2) is 7.85. The van der Waals surface area contributed by atoms with Gasteiger partial charge in [0.1, 0.15) is 6.04 Å². The van der Waals surface area contributed by atoms with Crippen LogP contribution in [-0.4, -0.2) is 71.0 Å². The van der Waals surface area contributed by atoms with Crippen molar-refractivity contribution in [2.75, 3.05) is 26.7 Å². The van der Waals surface area contributed by atoms with E-state index in [4.69, 9.17) is 0 Å². The number of β-amino-alcohol motifs (C(OH)–C–C–N with tert-alkyl or cyclic N) is 1. The minimum Gasteiger partial charge on any atom is -0.387 e. The summed E-state index contributed by atoms with van der Waals surface area (Å²) in [6.45, 7) is 2.95. The number of hydrogen-bond acceptors (Lipinski definition) is 6. The molecule has 2 unspecified atom stereocenters. The Morgan fingerprint density at radius 1 is 1.31 bits per heavy atom. The first-order valence-electron chi connectivity index (χ1n) is 10.2. The first-order valence-corrected chi connectivity index (χ1v) is 10.2. The van der Waals surface area contributed by atoms with Gasteiger partial charge >= 0.3 is 0 Å². The molecule has 1 aromatic rings.